The number of hydrogen-bond donors (Lipinski definition) is 1. The van der Waals surface area contributed by atoms with E-state index in [1.807, 2.05) is 11.8 Å². The highest BCUT2D eigenvalue weighted by molar-refractivity contribution is 7.98. The molecule has 0 aromatic rings. The second-order valence-electron chi connectivity index (χ2n) is 6.70. The van der Waals surface area contributed by atoms with Gasteiger partial charge in [0.1, 0.15) is 0 Å². The van der Waals surface area contributed by atoms with Crippen LogP contribution in [0.4, 0.5) is 0 Å². The Kier molecular flexibility index (Phi) is 7.04. The zero-order valence-corrected chi connectivity index (χ0v) is 13.6. The van der Waals surface area contributed by atoms with Gasteiger partial charge in [0.2, 0.25) is 0 Å². The van der Waals surface area contributed by atoms with E-state index in [9.17, 15) is 0 Å². The van der Waals surface area contributed by atoms with Crippen molar-refractivity contribution < 1.29 is 0 Å². The van der Waals surface area contributed by atoms with Crippen LogP contribution in [0.1, 0.15) is 46.5 Å². The number of nitrogens with two attached hydrogens (primary N) is 1. The van der Waals surface area contributed by atoms with Gasteiger partial charge in [0.15, 0.2) is 0 Å². The van der Waals surface area contributed by atoms with Crippen molar-refractivity contribution >= 4 is 11.8 Å². The predicted molar refractivity (Wildman–Crippen MR) is 84.2 cm³/mol. The van der Waals surface area contributed by atoms with Crippen molar-refractivity contribution in [1.29, 1.82) is 0 Å². The van der Waals surface area contributed by atoms with Crippen molar-refractivity contribution in [3.8, 4) is 0 Å². The van der Waals surface area contributed by atoms with Crippen LogP contribution in [0, 0.1) is 11.3 Å². The number of piperidine rings is 1. The van der Waals surface area contributed by atoms with Crippen LogP contribution in [0.15, 0.2) is 0 Å². The molecule has 1 saturated heterocycles. The molecule has 108 valence electrons. The fourth-order valence-corrected chi connectivity index (χ4v) is 3.50. The van der Waals surface area contributed by atoms with E-state index in [2.05, 4.69) is 31.9 Å². The summed E-state index contributed by atoms with van der Waals surface area (Å²) >= 11 is 1.95. The Morgan fingerprint density at radius 2 is 1.89 bits per heavy atom. The third-order valence-corrected chi connectivity index (χ3v) is 5.13. The van der Waals surface area contributed by atoms with Gasteiger partial charge in [-0.05, 0) is 62.1 Å². The fourth-order valence-electron chi connectivity index (χ4n) is 3.04. The lowest BCUT2D eigenvalue weighted by Crippen LogP contribution is -2.46. The molecular weight excluding hydrogens is 240 g/mol. The highest BCUT2D eigenvalue weighted by atomic mass is 32.2. The van der Waals surface area contributed by atoms with Gasteiger partial charge in [0.05, 0.1) is 0 Å². The maximum Gasteiger partial charge on any atom is 0.0218 e. The number of likely N-dealkylation sites (tertiary alicyclic amines) is 1. The summed E-state index contributed by atoms with van der Waals surface area (Å²) in [5.41, 5.74) is 6.43. The lowest BCUT2D eigenvalue weighted by atomic mass is 9.75. The van der Waals surface area contributed by atoms with Crippen LogP contribution in [0.25, 0.3) is 0 Å². The van der Waals surface area contributed by atoms with E-state index in [1.54, 1.807) is 0 Å². The first kappa shape index (κ1) is 16.3. The quantitative estimate of drug-likeness (QED) is 0.753. The van der Waals surface area contributed by atoms with Crippen molar-refractivity contribution in [2.24, 2.45) is 17.1 Å². The van der Waals surface area contributed by atoms with E-state index in [-0.39, 0.29) is 0 Å². The lowest BCUT2D eigenvalue weighted by molar-refractivity contribution is 0.0817. The van der Waals surface area contributed by atoms with Crippen molar-refractivity contribution in [3.63, 3.8) is 0 Å². The average molecular weight is 273 g/mol. The number of nitrogens with zero attached hydrogens (tertiary/aromatic N) is 1. The minimum absolute atomic E-state index is 0.475. The second kappa shape index (κ2) is 7.76. The Hall–Kier alpha value is 0.270. The molecule has 18 heavy (non-hydrogen) atoms. The standard InChI is InChI=1S/C15H32N2S/c1-15(2,3)13-7-9-17(10-8-13)14(12-16)6-5-11-18-4/h13-14H,5-12,16H2,1-4H3. The van der Waals surface area contributed by atoms with Crippen LogP contribution in [0.3, 0.4) is 0 Å². The summed E-state index contributed by atoms with van der Waals surface area (Å²) in [6.07, 6.45) is 7.47. The molecule has 1 atom stereocenters. The van der Waals surface area contributed by atoms with Crippen LogP contribution >= 0.6 is 11.8 Å². The number of thioether (sulfide) groups is 1. The summed E-state index contributed by atoms with van der Waals surface area (Å²) in [5, 5.41) is 0. The first-order chi connectivity index (χ1) is 8.49. The third-order valence-electron chi connectivity index (χ3n) is 4.43. The molecule has 3 heteroatoms. The van der Waals surface area contributed by atoms with Crippen molar-refractivity contribution in [2.45, 2.75) is 52.5 Å². The second-order valence-corrected chi connectivity index (χ2v) is 7.69. The lowest BCUT2D eigenvalue weighted by Gasteiger charge is -2.41. The molecule has 0 aromatic carbocycles. The predicted octanol–water partition coefficient (Wildman–Crippen LogP) is 3.22. The molecule has 0 amide bonds. The Morgan fingerprint density at radius 3 is 2.33 bits per heavy atom. The summed E-state index contributed by atoms with van der Waals surface area (Å²) in [5.74, 6) is 2.16. The Morgan fingerprint density at radius 1 is 1.28 bits per heavy atom. The van der Waals surface area contributed by atoms with Crippen LogP contribution in [0.2, 0.25) is 0 Å². The highest BCUT2D eigenvalue weighted by Crippen LogP contribution is 2.34. The van der Waals surface area contributed by atoms with Gasteiger partial charge >= 0.3 is 0 Å². The summed E-state index contributed by atoms with van der Waals surface area (Å²) < 4.78 is 0. The van der Waals surface area contributed by atoms with E-state index < -0.39 is 0 Å². The first-order valence-corrected chi connectivity index (χ1v) is 8.81. The molecule has 2 N–H and O–H groups in total. The first-order valence-electron chi connectivity index (χ1n) is 7.42. The normalized spacial score (nSPS) is 21.2. The summed E-state index contributed by atoms with van der Waals surface area (Å²) in [7, 11) is 0. The molecule has 1 unspecified atom stereocenters. The topological polar surface area (TPSA) is 29.3 Å². The van der Waals surface area contributed by atoms with Gasteiger partial charge in [-0.3, -0.25) is 4.90 Å². The van der Waals surface area contributed by atoms with Crippen LogP contribution in [0.5, 0.6) is 0 Å². The maximum atomic E-state index is 5.96. The Labute approximate surface area is 118 Å². The monoisotopic (exact) mass is 272 g/mol. The molecule has 1 fully saturated rings. The van der Waals surface area contributed by atoms with Gasteiger partial charge in [0, 0.05) is 12.6 Å². The van der Waals surface area contributed by atoms with Gasteiger partial charge in [-0.1, -0.05) is 20.8 Å². The zero-order valence-electron chi connectivity index (χ0n) is 12.7. The Bertz CT molecular complexity index is 217. The fraction of sp³-hybridized carbons (Fsp3) is 1.00. The van der Waals surface area contributed by atoms with Crippen LogP contribution in [-0.4, -0.2) is 42.6 Å². The summed E-state index contributed by atoms with van der Waals surface area (Å²) in [6.45, 7) is 10.5. The van der Waals surface area contributed by atoms with E-state index in [0.717, 1.165) is 12.5 Å². The van der Waals surface area contributed by atoms with E-state index in [1.165, 1.54) is 44.5 Å². The van der Waals surface area contributed by atoms with Crippen LogP contribution in [-0.2, 0) is 0 Å². The summed E-state index contributed by atoms with van der Waals surface area (Å²) in [4.78, 5) is 2.64. The molecule has 0 saturated carbocycles. The average Bonchev–Trinajstić information content (AvgIpc) is 2.34. The minimum atomic E-state index is 0.475. The van der Waals surface area contributed by atoms with Gasteiger partial charge in [-0.15, -0.1) is 0 Å². The highest BCUT2D eigenvalue weighted by Gasteiger charge is 2.30. The molecule has 1 aliphatic rings. The maximum absolute atomic E-state index is 5.96. The van der Waals surface area contributed by atoms with Crippen molar-refractivity contribution in [2.75, 3.05) is 31.6 Å². The van der Waals surface area contributed by atoms with Gasteiger partial charge < -0.3 is 5.73 Å². The van der Waals surface area contributed by atoms with Gasteiger partial charge in [-0.2, -0.15) is 11.8 Å². The Balaban J connectivity index is 2.35. The minimum Gasteiger partial charge on any atom is -0.329 e. The SMILES string of the molecule is CSCCCC(CN)N1CCC(C(C)(C)C)CC1. The smallest absolute Gasteiger partial charge is 0.0218 e. The molecule has 0 aromatic heterocycles. The van der Waals surface area contributed by atoms with Crippen LogP contribution < -0.4 is 5.73 Å². The molecule has 0 bridgehead atoms. The molecule has 0 radical (unpaired) electrons. The largest absolute Gasteiger partial charge is 0.329 e. The molecular formula is C15H32N2S. The molecule has 2 nitrogen and oxygen atoms in total. The molecule has 0 spiro atoms. The number of rotatable bonds is 6. The molecule has 1 aliphatic heterocycles. The van der Waals surface area contributed by atoms with E-state index >= 15 is 0 Å². The zero-order chi connectivity index (χ0) is 13.6. The number of hydrogen-bond acceptors (Lipinski definition) is 3. The third kappa shape index (κ3) is 5.10. The van der Waals surface area contributed by atoms with Crippen molar-refractivity contribution in [1.82, 2.24) is 4.90 Å². The van der Waals surface area contributed by atoms with Gasteiger partial charge in [0.25, 0.3) is 0 Å². The molecule has 0 aliphatic carbocycles. The van der Waals surface area contributed by atoms with E-state index in [4.69, 9.17) is 5.73 Å². The molecule has 1 rings (SSSR count). The van der Waals surface area contributed by atoms with Gasteiger partial charge in [-0.25, -0.2) is 0 Å². The van der Waals surface area contributed by atoms with E-state index in [0.29, 0.717) is 11.5 Å². The summed E-state index contributed by atoms with van der Waals surface area (Å²) in [6, 6.07) is 0.623. The molecule has 1 heterocycles. The van der Waals surface area contributed by atoms with Crippen molar-refractivity contribution in [3.05, 3.63) is 0 Å².